The van der Waals surface area contributed by atoms with E-state index in [-0.39, 0.29) is 40.9 Å². The quantitative estimate of drug-likeness (QED) is 0.417. The molecule has 1 aromatic carbocycles. The second-order valence-corrected chi connectivity index (χ2v) is 5.78. The van der Waals surface area contributed by atoms with Crippen molar-refractivity contribution in [2.24, 2.45) is 0 Å². The van der Waals surface area contributed by atoms with E-state index in [0.717, 1.165) is 0 Å². The highest BCUT2D eigenvalue weighted by Crippen LogP contribution is 2.20. The van der Waals surface area contributed by atoms with Crippen LogP contribution in [0.2, 0.25) is 0 Å². The number of amides is 1. The lowest BCUT2D eigenvalue weighted by molar-refractivity contribution is -0.140. The highest BCUT2D eigenvalue weighted by atomic mass is 32.2. The summed E-state index contributed by atoms with van der Waals surface area (Å²) in [6.45, 7) is 0. The van der Waals surface area contributed by atoms with E-state index in [1.807, 2.05) is 0 Å². The van der Waals surface area contributed by atoms with E-state index in [0.29, 0.717) is 5.75 Å². The number of rotatable bonds is 8. The van der Waals surface area contributed by atoms with Gasteiger partial charge in [0.2, 0.25) is 5.91 Å². The van der Waals surface area contributed by atoms with Crippen molar-refractivity contribution in [1.82, 2.24) is 0 Å². The lowest BCUT2D eigenvalue weighted by Gasteiger charge is -2.11. The molecule has 1 rings (SSSR count). The molecular weight excluding hydrogens is 350 g/mol. The Morgan fingerprint density at radius 2 is 1.68 bits per heavy atom. The molecule has 1 aromatic rings. The average Bonchev–Trinajstić information content (AvgIpc) is 2.63. The standard InChI is InChI=1S/C16H19NO7S/c1-22-14(19)6-7-25-9-13(18)17-12-8-10(15(20)23-2)4-5-11(12)16(21)24-3/h4-5,8H,6-7,9H2,1-3H3,(H,17,18). The first-order valence-corrected chi connectivity index (χ1v) is 8.33. The van der Waals surface area contributed by atoms with Gasteiger partial charge >= 0.3 is 17.9 Å². The van der Waals surface area contributed by atoms with Gasteiger partial charge in [-0.25, -0.2) is 9.59 Å². The molecule has 0 bridgehead atoms. The third-order valence-electron chi connectivity index (χ3n) is 3.03. The Balaban J connectivity index is 2.79. The van der Waals surface area contributed by atoms with Crippen LogP contribution in [0.4, 0.5) is 5.69 Å². The lowest BCUT2D eigenvalue weighted by atomic mass is 10.1. The normalized spacial score (nSPS) is 9.88. The first-order chi connectivity index (χ1) is 11.9. The number of hydrogen-bond donors (Lipinski definition) is 1. The van der Waals surface area contributed by atoms with E-state index >= 15 is 0 Å². The minimum Gasteiger partial charge on any atom is -0.469 e. The average molecular weight is 369 g/mol. The van der Waals surface area contributed by atoms with Crippen LogP contribution < -0.4 is 5.32 Å². The summed E-state index contributed by atoms with van der Waals surface area (Å²) >= 11 is 1.24. The predicted octanol–water partition coefficient (Wildman–Crippen LogP) is 1.49. The number of carbonyl (C=O) groups excluding carboxylic acids is 4. The number of esters is 3. The van der Waals surface area contributed by atoms with E-state index in [1.54, 1.807) is 0 Å². The molecule has 0 heterocycles. The summed E-state index contributed by atoms with van der Waals surface area (Å²) in [6, 6.07) is 4.12. The van der Waals surface area contributed by atoms with E-state index in [1.165, 1.54) is 51.3 Å². The number of hydrogen-bond acceptors (Lipinski definition) is 8. The summed E-state index contributed by atoms with van der Waals surface area (Å²) in [4.78, 5) is 46.4. The van der Waals surface area contributed by atoms with Crippen molar-refractivity contribution < 1.29 is 33.4 Å². The molecule has 0 unspecified atom stereocenters. The van der Waals surface area contributed by atoms with Crippen molar-refractivity contribution in [1.29, 1.82) is 0 Å². The topological polar surface area (TPSA) is 108 Å². The maximum absolute atomic E-state index is 12.0. The summed E-state index contributed by atoms with van der Waals surface area (Å²) in [5, 5.41) is 2.56. The van der Waals surface area contributed by atoms with Crippen LogP contribution in [0.25, 0.3) is 0 Å². The van der Waals surface area contributed by atoms with E-state index < -0.39 is 11.9 Å². The number of anilines is 1. The number of ether oxygens (including phenoxy) is 3. The van der Waals surface area contributed by atoms with Gasteiger partial charge in [-0.3, -0.25) is 9.59 Å². The van der Waals surface area contributed by atoms with Crippen LogP contribution in [0.15, 0.2) is 18.2 Å². The minimum absolute atomic E-state index is 0.0695. The lowest BCUT2D eigenvalue weighted by Crippen LogP contribution is -2.18. The zero-order valence-electron chi connectivity index (χ0n) is 14.1. The fraction of sp³-hybridized carbons (Fsp3) is 0.375. The number of methoxy groups -OCH3 is 3. The summed E-state index contributed by atoms with van der Waals surface area (Å²) in [5.74, 6) is -1.50. The van der Waals surface area contributed by atoms with Crippen molar-refractivity contribution >= 4 is 41.3 Å². The summed E-state index contributed by atoms with van der Waals surface area (Å²) in [7, 11) is 3.74. The Kier molecular flexibility index (Phi) is 8.48. The number of carbonyl (C=O) groups is 4. The highest BCUT2D eigenvalue weighted by molar-refractivity contribution is 7.99. The van der Waals surface area contributed by atoms with Gasteiger partial charge in [-0.1, -0.05) is 0 Å². The molecule has 9 heteroatoms. The SMILES string of the molecule is COC(=O)CCSCC(=O)Nc1cc(C(=O)OC)ccc1C(=O)OC. The smallest absolute Gasteiger partial charge is 0.339 e. The molecule has 136 valence electrons. The van der Waals surface area contributed by atoms with Gasteiger partial charge < -0.3 is 19.5 Å². The maximum atomic E-state index is 12.0. The van der Waals surface area contributed by atoms with Crippen LogP contribution in [0.1, 0.15) is 27.1 Å². The van der Waals surface area contributed by atoms with Crippen LogP contribution in [-0.4, -0.2) is 56.7 Å². The van der Waals surface area contributed by atoms with Gasteiger partial charge in [-0.15, -0.1) is 0 Å². The largest absolute Gasteiger partial charge is 0.469 e. The van der Waals surface area contributed by atoms with Crippen LogP contribution >= 0.6 is 11.8 Å². The summed E-state index contributed by atoms with van der Waals surface area (Å²) in [5.41, 5.74) is 0.445. The molecule has 0 radical (unpaired) electrons. The third kappa shape index (κ3) is 6.46. The van der Waals surface area contributed by atoms with Crippen molar-refractivity contribution in [3.8, 4) is 0 Å². The van der Waals surface area contributed by atoms with E-state index in [9.17, 15) is 19.2 Å². The minimum atomic E-state index is -0.648. The third-order valence-corrected chi connectivity index (χ3v) is 3.99. The Hall–Kier alpha value is -2.55. The molecule has 0 saturated carbocycles. The van der Waals surface area contributed by atoms with E-state index in [2.05, 4.69) is 19.5 Å². The van der Waals surface area contributed by atoms with Gasteiger partial charge in [0.15, 0.2) is 0 Å². The van der Waals surface area contributed by atoms with E-state index in [4.69, 9.17) is 0 Å². The summed E-state index contributed by atoms with van der Waals surface area (Å²) in [6.07, 6.45) is 0.194. The molecule has 0 fully saturated rings. The molecule has 0 atom stereocenters. The fourth-order valence-electron chi connectivity index (χ4n) is 1.79. The van der Waals surface area contributed by atoms with Crippen LogP contribution in [0.5, 0.6) is 0 Å². The second kappa shape index (κ2) is 10.3. The van der Waals surface area contributed by atoms with Gasteiger partial charge in [0.1, 0.15) is 0 Å². The van der Waals surface area contributed by atoms with Gasteiger partial charge in [0.25, 0.3) is 0 Å². The number of benzene rings is 1. The van der Waals surface area contributed by atoms with Crippen molar-refractivity contribution in [3.05, 3.63) is 29.3 Å². The highest BCUT2D eigenvalue weighted by Gasteiger charge is 2.17. The zero-order chi connectivity index (χ0) is 18.8. The molecule has 25 heavy (non-hydrogen) atoms. The Morgan fingerprint density at radius 3 is 2.28 bits per heavy atom. The predicted molar refractivity (Wildman–Crippen MR) is 91.7 cm³/mol. The Labute approximate surface area is 149 Å². The molecule has 8 nitrogen and oxygen atoms in total. The number of nitrogens with one attached hydrogen (secondary N) is 1. The molecule has 1 N–H and O–H groups in total. The van der Waals surface area contributed by atoms with Gasteiger partial charge in [0, 0.05) is 5.75 Å². The van der Waals surface area contributed by atoms with Gasteiger partial charge in [-0.2, -0.15) is 11.8 Å². The second-order valence-electron chi connectivity index (χ2n) is 4.67. The molecule has 1 amide bonds. The van der Waals surface area contributed by atoms with Crippen molar-refractivity contribution in [2.45, 2.75) is 6.42 Å². The molecule has 0 aliphatic rings. The van der Waals surface area contributed by atoms with Crippen molar-refractivity contribution in [2.75, 3.05) is 38.2 Å². The Bertz CT molecular complexity index is 660. The van der Waals surface area contributed by atoms with Crippen LogP contribution in [0, 0.1) is 0 Å². The molecule has 0 saturated heterocycles. The summed E-state index contributed by atoms with van der Waals surface area (Å²) < 4.78 is 13.8. The van der Waals surface area contributed by atoms with Gasteiger partial charge in [-0.05, 0) is 18.2 Å². The molecular formula is C16H19NO7S. The fourth-order valence-corrected chi connectivity index (χ4v) is 2.50. The maximum Gasteiger partial charge on any atom is 0.339 e. The monoisotopic (exact) mass is 369 g/mol. The van der Waals surface area contributed by atoms with Gasteiger partial charge in [0.05, 0.1) is 50.3 Å². The molecule has 0 spiro atoms. The first-order valence-electron chi connectivity index (χ1n) is 7.18. The van der Waals surface area contributed by atoms with Crippen LogP contribution in [-0.2, 0) is 23.8 Å². The molecule has 0 aliphatic heterocycles. The Morgan fingerprint density at radius 1 is 1.00 bits per heavy atom. The molecule has 0 aliphatic carbocycles. The van der Waals surface area contributed by atoms with Crippen molar-refractivity contribution in [3.63, 3.8) is 0 Å². The van der Waals surface area contributed by atoms with Crippen LogP contribution in [0.3, 0.4) is 0 Å². The molecule has 0 aromatic heterocycles. The first kappa shape index (κ1) is 20.5. The zero-order valence-corrected chi connectivity index (χ0v) is 14.9. The number of thioether (sulfide) groups is 1.